The zero-order chi connectivity index (χ0) is 24.1. The highest BCUT2D eigenvalue weighted by molar-refractivity contribution is 6.30. The van der Waals surface area contributed by atoms with E-state index >= 15 is 0 Å². The molecule has 2 N–H and O–H groups in total. The molecule has 1 aliphatic rings. The average molecular weight is 479 g/mol. The predicted molar refractivity (Wildman–Crippen MR) is 129 cm³/mol. The van der Waals surface area contributed by atoms with Crippen molar-refractivity contribution in [2.24, 2.45) is 0 Å². The lowest BCUT2D eigenvalue weighted by atomic mass is 9.92. The van der Waals surface area contributed by atoms with Crippen molar-refractivity contribution in [1.82, 2.24) is 10.6 Å². The molecule has 0 aliphatic carbocycles. The average Bonchev–Trinajstić information content (AvgIpc) is 2.87. The summed E-state index contributed by atoms with van der Waals surface area (Å²) in [7, 11) is 2.83. The lowest BCUT2D eigenvalue weighted by molar-refractivity contribution is -0.136. The Kier molecular flexibility index (Phi) is 7.04. The first kappa shape index (κ1) is 23.2. The summed E-state index contributed by atoms with van der Waals surface area (Å²) in [4.78, 5) is 25.3. The van der Waals surface area contributed by atoms with Crippen LogP contribution in [0.15, 0.2) is 78.4 Å². The summed E-state index contributed by atoms with van der Waals surface area (Å²) >= 11 is 6.05. The third-order valence-corrected chi connectivity index (χ3v) is 5.58. The molecule has 3 aromatic carbocycles. The van der Waals surface area contributed by atoms with Gasteiger partial charge in [-0.25, -0.2) is 9.59 Å². The molecule has 3 aromatic rings. The second kappa shape index (κ2) is 10.3. The zero-order valence-electron chi connectivity index (χ0n) is 18.6. The van der Waals surface area contributed by atoms with Crippen LogP contribution in [0.25, 0.3) is 5.70 Å². The van der Waals surface area contributed by atoms with Crippen molar-refractivity contribution in [3.63, 3.8) is 0 Å². The van der Waals surface area contributed by atoms with Crippen molar-refractivity contribution in [3.05, 3.63) is 100 Å². The van der Waals surface area contributed by atoms with Gasteiger partial charge in [0.25, 0.3) is 0 Å². The number of esters is 1. The standard InChI is InChI=1S/C26H23ClN2O5/c1-32-21-14-18(11-12-20(21)34-15-16-7-6-10-19(27)13-16)24-22(25(30)33-2)23(28-26(31)29-24)17-8-4-3-5-9-17/h3-14,24H,15H2,1-2H3,(H2,28,29,31). The minimum atomic E-state index is -0.757. The van der Waals surface area contributed by atoms with Gasteiger partial charge in [-0.15, -0.1) is 0 Å². The highest BCUT2D eigenvalue weighted by Gasteiger charge is 2.34. The van der Waals surface area contributed by atoms with Crippen LogP contribution in [0, 0.1) is 0 Å². The van der Waals surface area contributed by atoms with Crippen LogP contribution in [0.2, 0.25) is 5.02 Å². The Hall–Kier alpha value is -3.97. The molecule has 8 heteroatoms. The molecule has 2 amide bonds. The first-order chi connectivity index (χ1) is 16.5. The SMILES string of the molecule is COC(=O)C1=C(c2ccccc2)NC(=O)NC1c1ccc(OCc2cccc(Cl)c2)c(OC)c1. The number of hydrogen-bond donors (Lipinski definition) is 2. The highest BCUT2D eigenvalue weighted by Crippen LogP contribution is 2.36. The van der Waals surface area contributed by atoms with Crippen molar-refractivity contribution in [2.45, 2.75) is 12.6 Å². The summed E-state index contributed by atoms with van der Waals surface area (Å²) in [6.45, 7) is 0.297. The largest absolute Gasteiger partial charge is 0.493 e. The Morgan fingerprint density at radius 1 is 0.971 bits per heavy atom. The minimum Gasteiger partial charge on any atom is -0.493 e. The van der Waals surface area contributed by atoms with Gasteiger partial charge in [-0.1, -0.05) is 60.1 Å². The minimum absolute atomic E-state index is 0.281. The molecular weight excluding hydrogens is 456 g/mol. The lowest BCUT2D eigenvalue weighted by Crippen LogP contribution is -2.45. The van der Waals surface area contributed by atoms with Crippen LogP contribution in [-0.4, -0.2) is 26.2 Å². The van der Waals surface area contributed by atoms with Gasteiger partial charge in [0.15, 0.2) is 11.5 Å². The van der Waals surface area contributed by atoms with Crippen molar-refractivity contribution in [1.29, 1.82) is 0 Å². The fourth-order valence-corrected chi connectivity index (χ4v) is 3.96. The first-order valence-electron chi connectivity index (χ1n) is 10.5. The summed E-state index contributed by atoms with van der Waals surface area (Å²) in [5, 5.41) is 6.18. The van der Waals surface area contributed by atoms with Gasteiger partial charge in [0.1, 0.15) is 6.61 Å². The van der Waals surface area contributed by atoms with Crippen LogP contribution >= 0.6 is 11.6 Å². The molecule has 7 nitrogen and oxygen atoms in total. The Balaban J connectivity index is 1.70. The molecule has 1 aliphatic heterocycles. The molecule has 0 fully saturated rings. The van der Waals surface area contributed by atoms with E-state index in [2.05, 4.69) is 10.6 Å². The van der Waals surface area contributed by atoms with Crippen molar-refractivity contribution < 1.29 is 23.8 Å². The van der Waals surface area contributed by atoms with E-state index < -0.39 is 18.0 Å². The molecule has 0 saturated carbocycles. The number of rotatable bonds is 7. The van der Waals surface area contributed by atoms with E-state index in [1.807, 2.05) is 48.5 Å². The molecule has 1 unspecified atom stereocenters. The first-order valence-corrected chi connectivity index (χ1v) is 10.9. The highest BCUT2D eigenvalue weighted by atomic mass is 35.5. The summed E-state index contributed by atoms with van der Waals surface area (Å²) in [5.74, 6) is 0.410. The van der Waals surface area contributed by atoms with Crippen LogP contribution in [-0.2, 0) is 16.1 Å². The molecule has 1 atom stereocenters. The number of halogens is 1. The van der Waals surface area contributed by atoms with E-state index in [-0.39, 0.29) is 5.57 Å². The van der Waals surface area contributed by atoms with E-state index in [0.29, 0.717) is 40.0 Å². The smallest absolute Gasteiger partial charge is 0.338 e. The van der Waals surface area contributed by atoms with Gasteiger partial charge in [0.2, 0.25) is 0 Å². The van der Waals surface area contributed by atoms with Crippen LogP contribution in [0.4, 0.5) is 4.79 Å². The molecule has 1 heterocycles. The summed E-state index contributed by atoms with van der Waals surface area (Å²) in [6.07, 6.45) is 0. The summed E-state index contributed by atoms with van der Waals surface area (Å²) < 4.78 is 16.5. The van der Waals surface area contributed by atoms with E-state index in [0.717, 1.165) is 5.56 Å². The third-order valence-electron chi connectivity index (χ3n) is 5.34. The van der Waals surface area contributed by atoms with E-state index in [1.165, 1.54) is 14.2 Å². The Bertz CT molecular complexity index is 1240. The van der Waals surface area contributed by atoms with Gasteiger partial charge < -0.3 is 24.8 Å². The van der Waals surface area contributed by atoms with E-state index in [1.54, 1.807) is 24.3 Å². The van der Waals surface area contributed by atoms with E-state index in [4.69, 9.17) is 25.8 Å². The second-order valence-corrected chi connectivity index (χ2v) is 7.94. The quantitative estimate of drug-likeness (QED) is 0.473. The van der Waals surface area contributed by atoms with E-state index in [9.17, 15) is 9.59 Å². The Morgan fingerprint density at radius 2 is 1.76 bits per heavy atom. The van der Waals surface area contributed by atoms with Crippen molar-refractivity contribution in [2.75, 3.05) is 14.2 Å². The fraction of sp³-hybridized carbons (Fsp3) is 0.154. The zero-order valence-corrected chi connectivity index (χ0v) is 19.4. The fourth-order valence-electron chi connectivity index (χ4n) is 3.75. The second-order valence-electron chi connectivity index (χ2n) is 7.51. The monoisotopic (exact) mass is 478 g/mol. The topological polar surface area (TPSA) is 85.9 Å². The number of hydrogen-bond acceptors (Lipinski definition) is 5. The number of nitrogens with one attached hydrogen (secondary N) is 2. The maximum absolute atomic E-state index is 12.8. The Morgan fingerprint density at radius 3 is 2.47 bits per heavy atom. The molecule has 0 bridgehead atoms. The van der Waals surface area contributed by atoms with Crippen LogP contribution in [0.1, 0.15) is 22.7 Å². The number of ether oxygens (including phenoxy) is 3. The molecule has 0 saturated heterocycles. The third kappa shape index (κ3) is 5.00. The van der Waals surface area contributed by atoms with Gasteiger partial charge in [-0.3, -0.25) is 0 Å². The lowest BCUT2D eigenvalue weighted by Gasteiger charge is -2.29. The summed E-state index contributed by atoms with van der Waals surface area (Å²) in [5.41, 5.74) is 2.91. The molecule has 174 valence electrons. The predicted octanol–water partition coefficient (Wildman–Crippen LogP) is 4.87. The number of urea groups is 1. The number of carbonyl (C=O) groups is 2. The molecule has 4 rings (SSSR count). The van der Waals surface area contributed by atoms with Crippen molar-refractivity contribution >= 4 is 29.3 Å². The van der Waals surface area contributed by atoms with Crippen LogP contribution in [0.5, 0.6) is 11.5 Å². The molecule has 0 aromatic heterocycles. The molecule has 34 heavy (non-hydrogen) atoms. The van der Waals surface area contributed by atoms with Gasteiger partial charge >= 0.3 is 12.0 Å². The number of benzene rings is 3. The maximum Gasteiger partial charge on any atom is 0.338 e. The normalized spacial score (nSPS) is 15.3. The van der Waals surface area contributed by atoms with Gasteiger partial charge in [-0.2, -0.15) is 0 Å². The number of carbonyl (C=O) groups excluding carboxylic acids is 2. The van der Waals surface area contributed by atoms with Crippen LogP contribution < -0.4 is 20.1 Å². The Labute approximate surface area is 202 Å². The number of amides is 2. The summed E-state index contributed by atoms with van der Waals surface area (Å²) in [6, 6.07) is 20.6. The van der Waals surface area contributed by atoms with Crippen LogP contribution in [0.3, 0.4) is 0 Å². The maximum atomic E-state index is 12.8. The molecular formula is C26H23ClN2O5. The van der Waals surface area contributed by atoms with Gasteiger partial charge in [-0.05, 0) is 41.0 Å². The van der Waals surface area contributed by atoms with Crippen molar-refractivity contribution in [3.8, 4) is 11.5 Å². The molecule has 0 radical (unpaired) electrons. The molecule has 0 spiro atoms. The van der Waals surface area contributed by atoms with Gasteiger partial charge in [0, 0.05) is 5.02 Å². The number of methoxy groups -OCH3 is 2. The van der Waals surface area contributed by atoms with Gasteiger partial charge in [0.05, 0.1) is 31.5 Å².